The molecule has 1 aromatic carbocycles. The van der Waals surface area contributed by atoms with Crippen LogP contribution in [0, 0.1) is 6.92 Å². The van der Waals surface area contributed by atoms with E-state index in [-0.39, 0.29) is 4.90 Å². The van der Waals surface area contributed by atoms with E-state index in [1.54, 1.807) is 25.1 Å². The molecule has 1 aromatic rings. The Hall–Kier alpha value is -2.15. The number of amides is 2. The van der Waals surface area contributed by atoms with E-state index < -0.39 is 21.8 Å². The molecule has 18 heavy (non-hydrogen) atoms. The Labute approximate surface area is 105 Å². The average Bonchev–Trinajstić information content (AvgIpc) is 2.26. The van der Waals surface area contributed by atoms with Crippen LogP contribution < -0.4 is 10.5 Å². The summed E-state index contributed by atoms with van der Waals surface area (Å²) in [5.74, 6) is -1.77. The van der Waals surface area contributed by atoms with Crippen LogP contribution in [0.15, 0.2) is 41.3 Å². The Balaban J connectivity index is 2.94. The lowest BCUT2D eigenvalue weighted by molar-refractivity contribution is -0.116. The standard InChI is InChI=1S/C11H12N2O4S/c1-8-4-2-3-5-9(8)18(16,17)13-11(15)7-6-10(12)14/h2-7H,1H3,(H2,12,14)(H,13,15)/b7-6-. The molecule has 0 aliphatic carbocycles. The van der Waals surface area contributed by atoms with E-state index in [4.69, 9.17) is 5.73 Å². The number of aryl methyl sites for hydroxylation is 1. The second-order valence-electron chi connectivity index (χ2n) is 3.47. The fourth-order valence-corrected chi connectivity index (χ4v) is 2.43. The molecule has 0 heterocycles. The Morgan fingerprint density at radius 2 is 1.83 bits per heavy atom. The number of nitrogens with two attached hydrogens (primary N) is 1. The minimum absolute atomic E-state index is 0.00539. The first-order valence-electron chi connectivity index (χ1n) is 4.93. The lowest BCUT2D eigenvalue weighted by atomic mass is 10.2. The highest BCUT2D eigenvalue weighted by Gasteiger charge is 2.17. The summed E-state index contributed by atoms with van der Waals surface area (Å²) in [6, 6.07) is 6.22. The molecule has 0 radical (unpaired) electrons. The maximum Gasteiger partial charge on any atom is 0.264 e. The van der Waals surface area contributed by atoms with Gasteiger partial charge in [-0.2, -0.15) is 0 Å². The average molecular weight is 268 g/mol. The van der Waals surface area contributed by atoms with Crippen LogP contribution in [-0.4, -0.2) is 20.2 Å². The first kappa shape index (κ1) is 13.9. The van der Waals surface area contributed by atoms with Crippen molar-refractivity contribution in [1.29, 1.82) is 0 Å². The molecule has 0 spiro atoms. The third kappa shape index (κ3) is 3.70. The number of nitrogens with one attached hydrogen (secondary N) is 1. The lowest BCUT2D eigenvalue weighted by Gasteiger charge is -2.07. The van der Waals surface area contributed by atoms with E-state index in [1.165, 1.54) is 6.07 Å². The molecule has 0 fully saturated rings. The Bertz CT molecular complexity index is 605. The van der Waals surface area contributed by atoms with E-state index in [2.05, 4.69) is 0 Å². The highest BCUT2D eigenvalue weighted by atomic mass is 32.2. The zero-order valence-electron chi connectivity index (χ0n) is 9.58. The number of hydrogen-bond acceptors (Lipinski definition) is 4. The summed E-state index contributed by atoms with van der Waals surface area (Å²) in [6.45, 7) is 1.61. The second kappa shape index (κ2) is 5.46. The molecular weight excluding hydrogens is 256 g/mol. The Kier molecular flexibility index (Phi) is 4.22. The summed E-state index contributed by atoms with van der Waals surface area (Å²) < 4.78 is 25.5. The molecule has 7 heteroatoms. The summed E-state index contributed by atoms with van der Waals surface area (Å²) >= 11 is 0. The summed E-state index contributed by atoms with van der Waals surface area (Å²) in [6.07, 6.45) is 1.54. The molecule has 96 valence electrons. The topological polar surface area (TPSA) is 106 Å². The summed E-state index contributed by atoms with van der Waals surface area (Å²) in [7, 11) is -3.94. The fraction of sp³-hybridized carbons (Fsp3) is 0.0909. The first-order valence-corrected chi connectivity index (χ1v) is 6.41. The van der Waals surface area contributed by atoms with Crippen LogP contribution in [0.25, 0.3) is 0 Å². The molecule has 0 aromatic heterocycles. The predicted octanol–water partition coefficient (Wildman–Crippen LogP) is -0.159. The zero-order chi connectivity index (χ0) is 13.8. The number of carbonyl (C=O) groups excluding carboxylic acids is 2. The number of rotatable bonds is 4. The highest BCUT2D eigenvalue weighted by molar-refractivity contribution is 7.90. The number of benzene rings is 1. The summed E-state index contributed by atoms with van der Waals surface area (Å²) in [5.41, 5.74) is 5.30. The van der Waals surface area contributed by atoms with Gasteiger partial charge in [-0.3, -0.25) is 9.59 Å². The molecule has 0 aliphatic heterocycles. The van der Waals surface area contributed by atoms with Crippen LogP contribution >= 0.6 is 0 Å². The van der Waals surface area contributed by atoms with Gasteiger partial charge in [0, 0.05) is 12.2 Å². The number of primary amides is 1. The van der Waals surface area contributed by atoms with Gasteiger partial charge in [0.05, 0.1) is 4.90 Å². The Morgan fingerprint density at radius 3 is 2.39 bits per heavy atom. The molecule has 1 rings (SSSR count). The van der Waals surface area contributed by atoms with Crippen LogP contribution in [0.4, 0.5) is 0 Å². The minimum atomic E-state index is -3.94. The molecule has 3 N–H and O–H groups in total. The van der Waals surface area contributed by atoms with E-state index in [9.17, 15) is 18.0 Å². The normalized spacial score (nSPS) is 11.4. The van der Waals surface area contributed by atoms with E-state index in [1.807, 2.05) is 4.72 Å². The molecule has 6 nitrogen and oxygen atoms in total. The summed E-state index contributed by atoms with van der Waals surface area (Å²) in [4.78, 5) is 21.7. The van der Waals surface area contributed by atoms with Gasteiger partial charge in [-0.25, -0.2) is 13.1 Å². The Morgan fingerprint density at radius 1 is 1.22 bits per heavy atom. The predicted molar refractivity (Wildman–Crippen MR) is 64.8 cm³/mol. The molecule has 0 unspecified atom stereocenters. The molecule has 0 saturated heterocycles. The minimum Gasteiger partial charge on any atom is -0.366 e. The van der Waals surface area contributed by atoms with Crippen LogP contribution in [0.3, 0.4) is 0 Å². The monoisotopic (exact) mass is 268 g/mol. The third-order valence-corrected chi connectivity index (χ3v) is 3.52. The van der Waals surface area contributed by atoms with Gasteiger partial charge in [0.2, 0.25) is 5.91 Å². The van der Waals surface area contributed by atoms with Gasteiger partial charge < -0.3 is 5.73 Å². The molecule has 2 amide bonds. The van der Waals surface area contributed by atoms with Crippen molar-refractivity contribution in [2.24, 2.45) is 5.73 Å². The van der Waals surface area contributed by atoms with Crippen LogP contribution in [0.5, 0.6) is 0 Å². The number of sulfonamides is 1. The third-order valence-electron chi connectivity index (χ3n) is 2.02. The van der Waals surface area contributed by atoms with Crippen molar-refractivity contribution in [3.8, 4) is 0 Å². The summed E-state index contributed by atoms with van der Waals surface area (Å²) in [5, 5.41) is 0. The van der Waals surface area contributed by atoms with Crippen molar-refractivity contribution in [3.63, 3.8) is 0 Å². The smallest absolute Gasteiger partial charge is 0.264 e. The van der Waals surface area contributed by atoms with Crippen LogP contribution in [0.2, 0.25) is 0 Å². The van der Waals surface area contributed by atoms with Crippen LogP contribution in [0.1, 0.15) is 5.56 Å². The molecule has 0 aliphatic rings. The van der Waals surface area contributed by atoms with Gasteiger partial charge in [-0.15, -0.1) is 0 Å². The first-order chi connectivity index (χ1) is 8.33. The van der Waals surface area contributed by atoms with Gasteiger partial charge in [0.25, 0.3) is 15.9 Å². The molecular formula is C11H12N2O4S. The van der Waals surface area contributed by atoms with Crippen molar-refractivity contribution < 1.29 is 18.0 Å². The van der Waals surface area contributed by atoms with E-state index >= 15 is 0 Å². The highest BCUT2D eigenvalue weighted by Crippen LogP contribution is 2.13. The van der Waals surface area contributed by atoms with E-state index in [0.717, 1.165) is 12.2 Å². The maximum absolute atomic E-state index is 11.8. The quantitative estimate of drug-likeness (QED) is 0.740. The van der Waals surface area contributed by atoms with Crippen molar-refractivity contribution >= 4 is 21.8 Å². The van der Waals surface area contributed by atoms with Gasteiger partial charge in [-0.1, -0.05) is 18.2 Å². The van der Waals surface area contributed by atoms with Crippen molar-refractivity contribution in [2.75, 3.05) is 0 Å². The molecule has 0 saturated carbocycles. The van der Waals surface area contributed by atoms with Crippen molar-refractivity contribution in [2.45, 2.75) is 11.8 Å². The molecule has 0 atom stereocenters. The number of hydrogen-bond donors (Lipinski definition) is 2. The van der Waals surface area contributed by atoms with Gasteiger partial charge in [-0.05, 0) is 18.6 Å². The van der Waals surface area contributed by atoms with Gasteiger partial charge in [0.1, 0.15) is 0 Å². The largest absolute Gasteiger partial charge is 0.366 e. The van der Waals surface area contributed by atoms with Crippen molar-refractivity contribution in [3.05, 3.63) is 42.0 Å². The lowest BCUT2D eigenvalue weighted by Crippen LogP contribution is -2.29. The number of carbonyl (C=O) groups is 2. The van der Waals surface area contributed by atoms with Crippen LogP contribution in [-0.2, 0) is 19.6 Å². The van der Waals surface area contributed by atoms with Gasteiger partial charge >= 0.3 is 0 Å². The van der Waals surface area contributed by atoms with Crippen molar-refractivity contribution in [1.82, 2.24) is 4.72 Å². The maximum atomic E-state index is 11.8. The fourth-order valence-electron chi connectivity index (χ4n) is 1.24. The van der Waals surface area contributed by atoms with Gasteiger partial charge in [0.15, 0.2) is 0 Å². The second-order valence-corrected chi connectivity index (χ2v) is 5.12. The SMILES string of the molecule is Cc1ccccc1S(=O)(=O)NC(=O)/C=C\C(N)=O. The van der Waals surface area contributed by atoms with E-state index in [0.29, 0.717) is 5.56 Å². The molecule has 0 bridgehead atoms. The zero-order valence-corrected chi connectivity index (χ0v) is 10.4.